The van der Waals surface area contributed by atoms with Gasteiger partial charge in [-0.2, -0.15) is 0 Å². The largest absolute Gasteiger partial charge is 0.409 e. The number of amidine groups is 1. The molecule has 2 amide bonds. The van der Waals surface area contributed by atoms with Gasteiger partial charge < -0.3 is 27.3 Å². The quantitative estimate of drug-likeness (QED) is 0.159. The number of hydrogen-bond donors (Lipinski definition) is 5. The van der Waals surface area contributed by atoms with Crippen molar-refractivity contribution in [2.45, 2.75) is 6.54 Å². The first-order chi connectivity index (χ1) is 9.02. The molecule has 0 aliphatic rings. The molecule has 0 aliphatic carbocycles. The van der Waals surface area contributed by atoms with Crippen LogP contribution in [0.5, 0.6) is 0 Å². The van der Waals surface area contributed by atoms with Crippen LogP contribution in [0, 0.1) is 5.82 Å². The molecular weight excluding hydrogens is 253 g/mol. The first kappa shape index (κ1) is 14.7. The van der Waals surface area contributed by atoms with Crippen LogP contribution in [-0.2, 0) is 6.54 Å². The Morgan fingerprint density at radius 3 is 2.68 bits per heavy atom. The van der Waals surface area contributed by atoms with Gasteiger partial charge in [0, 0.05) is 25.2 Å². The van der Waals surface area contributed by atoms with E-state index >= 15 is 0 Å². The number of amides is 2. The number of oxime groups is 1. The highest BCUT2D eigenvalue weighted by atomic mass is 19.1. The normalized spacial score (nSPS) is 11.3. The average Bonchev–Trinajstić information content (AvgIpc) is 2.36. The number of urea groups is 1. The molecule has 0 radical (unpaired) electrons. The molecule has 19 heavy (non-hydrogen) atoms. The molecule has 0 heterocycles. The highest BCUT2D eigenvalue weighted by molar-refractivity contribution is 5.97. The third kappa shape index (κ3) is 5.21. The number of nitrogens with zero attached hydrogens (tertiary/aromatic N) is 1. The van der Waals surface area contributed by atoms with Crippen molar-refractivity contribution >= 4 is 11.9 Å². The van der Waals surface area contributed by atoms with Crippen LogP contribution in [0.25, 0.3) is 0 Å². The van der Waals surface area contributed by atoms with Crippen LogP contribution in [0.4, 0.5) is 9.18 Å². The van der Waals surface area contributed by atoms with E-state index in [1.807, 2.05) is 0 Å². The fraction of sp³-hybridized carbons (Fsp3) is 0.273. The number of halogens is 1. The summed E-state index contributed by atoms with van der Waals surface area (Å²) < 4.78 is 13.3. The number of nitrogens with two attached hydrogens (primary N) is 2. The van der Waals surface area contributed by atoms with Crippen LogP contribution < -0.4 is 22.1 Å². The first-order valence-electron chi connectivity index (χ1n) is 5.54. The highest BCUT2D eigenvalue weighted by Gasteiger charge is 2.04. The van der Waals surface area contributed by atoms with E-state index in [0.717, 1.165) is 0 Å². The van der Waals surface area contributed by atoms with Gasteiger partial charge in [0.05, 0.1) is 0 Å². The van der Waals surface area contributed by atoms with Crippen molar-refractivity contribution in [3.63, 3.8) is 0 Å². The third-order valence-corrected chi connectivity index (χ3v) is 2.29. The van der Waals surface area contributed by atoms with Crippen LogP contribution in [0.2, 0.25) is 0 Å². The second-order valence-corrected chi connectivity index (χ2v) is 3.80. The number of carbonyl (C=O) groups excluding carboxylic acids is 1. The molecule has 8 heteroatoms. The van der Waals surface area contributed by atoms with Gasteiger partial charge in [-0.1, -0.05) is 5.16 Å². The summed E-state index contributed by atoms with van der Waals surface area (Å²) in [7, 11) is 0. The summed E-state index contributed by atoms with van der Waals surface area (Å²) >= 11 is 0. The monoisotopic (exact) mass is 269 g/mol. The Morgan fingerprint density at radius 1 is 1.32 bits per heavy atom. The maximum absolute atomic E-state index is 13.3. The molecule has 1 rings (SSSR count). The van der Waals surface area contributed by atoms with Crippen molar-refractivity contribution in [2.75, 3.05) is 13.1 Å². The molecule has 0 unspecified atom stereocenters. The molecule has 0 saturated carbocycles. The van der Waals surface area contributed by atoms with Crippen molar-refractivity contribution in [2.24, 2.45) is 16.6 Å². The highest BCUT2D eigenvalue weighted by Crippen LogP contribution is 2.09. The Kier molecular flexibility index (Phi) is 5.55. The standard InChI is InChI=1S/C11H16FN5O2/c12-9-4-7(3-8(5-9)10(13)17-19)6-15-1-2-16-11(14)18/h3-5,15,19H,1-2,6H2,(H2,13,17)(H3,14,16,18). The van der Waals surface area contributed by atoms with Crippen molar-refractivity contribution in [3.05, 3.63) is 35.1 Å². The van der Waals surface area contributed by atoms with E-state index in [4.69, 9.17) is 16.7 Å². The molecule has 0 atom stereocenters. The molecule has 7 N–H and O–H groups in total. The molecule has 0 aromatic heterocycles. The zero-order valence-corrected chi connectivity index (χ0v) is 10.2. The minimum atomic E-state index is -0.596. The van der Waals surface area contributed by atoms with Gasteiger partial charge in [-0.05, 0) is 23.8 Å². The van der Waals surface area contributed by atoms with Crippen molar-refractivity contribution in [1.82, 2.24) is 10.6 Å². The summed E-state index contributed by atoms with van der Waals surface area (Å²) in [6.07, 6.45) is 0. The molecular formula is C11H16FN5O2. The van der Waals surface area contributed by atoms with Crippen LogP contribution in [0.3, 0.4) is 0 Å². The smallest absolute Gasteiger partial charge is 0.312 e. The molecule has 0 spiro atoms. The summed E-state index contributed by atoms with van der Waals surface area (Å²) in [4.78, 5) is 10.4. The molecule has 0 bridgehead atoms. The summed E-state index contributed by atoms with van der Waals surface area (Å²) in [6.45, 7) is 1.24. The number of hydrogen-bond acceptors (Lipinski definition) is 4. The molecule has 0 saturated heterocycles. The summed E-state index contributed by atoms with van der Waals surface area (Å²) in [6, 6.07) is 3.52. The maximum atomic E-state index is 13.3. The van der Waals surface area contributed by atoms with Gasteiger partial charge in [0.1, 0.15) is 5.82 Å². The van der Waals surface area contributed by atoms with E-state index < -0.39 is 11.8 Å². The lowest BCUT2D eigenvalue weighted by Crippen LogP contribution is -2.35. The Labute approximate surface area is 109 Å². The van der Waals surface area contributed by atoms with Crippen LogP contribution >= 0.6 is 0 Å². The topological polar surface area (TPSA) is 126 Å². The summed E-state index contributed by atoms with van der Waals surface area (Å²) in [5, 5.41) is 16.8. The summed E-state index contributed by atoms with van der Waals surface area (Å²) in [5.41, 5.74) is 11.2. The minimum absolute atomic E-state index is 0.156. The second-order valence-electron chi connectivity index (χ2n) is 3.80. The van der Waals surface area contributed by atoms with Gasteiger partial charge in [-0.3, -0.25) is 0 Å². The lowest BCUT2D eigenvalue weighted by atomic mass is 10.1. The number of nitrogens with one attached hydrogen (secondary N) is 2. The first-order valence-corrected chi connectivity index (χ1v) is 5.54. The lowest BCUT2D eigenvalue weighted by Gasteiger charge is -2.07. The van der Waals surface area contributed by atoms with Gasteiger partial charge >= 0.3 is 6.03 Å². The molecule has 0 fully saturated rings. The van der Waals surface area contributed by atoms with E-state index in [1.54, 1.807) is 6.07 Å². The number of carbonyl (C=O) groups is 1. The minimum Gasteiger partial charge on any atom is -0.409 e. The fourth-order valence-electron chi connectivity index (χ4n) is 1.46. The average molecular weight is 269 g/mol. The molecule has 7 nitrogen and oxygen atoms in total. The van der Waals surface area contributed by atoms with Crippen LogP contribution in [-0.4, -0.2) is 30.2 Å². The summed E-state index contributed by atoms with van der Waals surface area (Å²) in [5.74, 6) is -0.632. The van der Waals surface area contributed by atoms with Crippen molar-refractivity contribution in [3.8, 4) is 0 Å². The Balaban J connectivity index is 2.54. The number of rotatable bonds is 6. The Hall–Kier alpha value is -2.35. The molecule has 1 aromatic rings. The zero-order valence-electron chi connectivity index (χ0n) is 10.2. The van der Waals surface area contributed by atoms with E-state index in [-0.39, 0.29) is 5.84 Å². The van der Waals surface area contributed by atoms with E-state index in [9.17, 15) is 9.18 Å². The zero-order chi connectivity index (χ0) is 14.3. The predicted octanol–water partition coefficient (Wildman–Crippen LogP) is -0.322. The molecule has 1 aromatic carbocycles. The second kappa shape index (κ2) is 7.17. The SMILES string of the molecule is NC(=O)NCCNCc1cc(F)cc(/C(N)=N/O)c1. The Morgan fingerprint density at radius 2 is 2.05 bits per heavy atom. The fourth-order valence-corrected chi connectivity index (χ4v) is 1.46. The van der Waals surface area contributed by atoms with Gasteiger partial charge in [-0.25, -0.2) is 9.18 Å². The lowest BCUT2D eigenvalue weighted by molar-refractivity contribution is 0.249. The van der Waals surface area contributed by atoms with E-state index in [2.05, 4.69) is 15.8 Å². The maximum Gasteiger partial charge on any atom is 0.312 e. The molecule has 0 aliphatic heterocycles. The number of primary amides is 1. The molecule has 104 valence electrons. The van der Waals surface area contributed by atoms with E-state index in [1.165, 1.54) is 12.1 Å². The van der Waals surface area contributed by atoms with Crippen LogP contribution in [0.15, 0.2) is 23.4 Å². The number of benzene rings is 1. The van der Waals surface area contributed by atoms with Gasteiger partial charge in [-0.15, -0.1) is 0 Å². The van der Waals surface area contributed by atoms with E-state index in [0.29, 0.717) is 30.8 Å². The van der Waals surface area contributed by atoms with Crippen LogP contribution in [0.1, 0.15) is 11.1 Å². The third-order valence-electron chi connectivity index (χ3n) is 2.29. The van der Waals surface area contributed by atoms with Crippen molar-refractivity contribution in [1.29, 1.82) is 0 Å². The Bertz CT molecular complexity index is 478. The van der Waals surface area contributed by atoms with Gasteiger partial charge in [0.25, 0.3) is 0 Å². The predicted molar refractivity (Wildman–Crippen MR) is 68.2 cm³/mol. The van der Waals surface area contributed by atoms with Gasteiger partial charge in [0.15, 0.2) is 5.84 Å². The van der Waals surface area contributed by atoms with Crippen molar-refractivity contribution < 1.29 is 14.4 Å². The van der Waals surface area contributed by atoms with Gasteiger partial charge in [0.2, 0.25) is 0 Å².